The number of methoxy groups -OCH3 is 1. The highest BCUT2D eigenvalue weighted by molar-refractivity contribution is 5.88. The van der Waals surface area contributed by atoms with Gasteiger partial charge in [0, 0.05) is 5.57 Å². The van der Waals surface area contributed by atoms with Gasteiger partial charge in [0.15, 0.2) is 0 Å². The molecule has 0 bridgehead atoms. The molecular formula is C21H32O4. The molecule has 3 rings (SSSR count). The van der Waals surface area contributed by atoms with Crippen LogP contribution in [0.25, 0.3) is 0 Å². The first-order valence-corrected chi connectivity index (χ1v) is 9.56. The second kappa shape index (κ2) is 6.88. The summed E-state index contributed by atoms with van der Waals surface area (Å²) in [6.45, 7) is 10.6. The molecule has 0 unspecified atom stereocenters. The lowest BCUT2D eigenvalue weighted by molar-refractivity contribution is -0.136. The van der Waals surface area contributed by atoms with E-state index >= 15 is 0 Å². The Morgan fingerprint density at radius 3 is 2.60 bits per heavy atom. The number of rotatable bonds is 2. The maximum atomic E-state index is 12.0. The Balaban J connectivity index is 1.72. The number of hydrogen-bond acceptors (Lipinski definition) is 4. The van der Waals surface area contributed by atoms with E-state index in [2.05, 4.69) is 33.4 Å². The average molecular weight is 348 g/mol. The van der Waals surface area contributed by atoms with Crippen LogP contribution in [0.15, 0.2) is 23.8 Å². The normalized spacial score (nSPS) is 43.5. The monoisotopic (exact) mass is 348 g/mol. The summed E-state index contributed by atoms with van der Waals surface area (Å²) in [6, 6.07) is 0. The minimum absolute atomic E-state index is 0.0489. The molecule has 1 aliphatic carbocycles. The molecule has 0 aromatic carbocycles. The lowest BCUT2D eigenvalue weighted by Crippen LogP contribution is -2.21. The number of epoxide rings is 2. The maximum Gasteiger partial charge on any atom is 0.333 e. The van der Waals surface area contributed by atoms with E-state index in [4.69, 9.17) is 14.2 Å². The van der Waals surface area contributed by atoms with E-state index in [1.165, 1.54) is 12.7 Å². The first kappa shape index (κ1) is 18.7. The van der Waals surface area contributed by atoms with Crippen molar-refractivity contribution in [3.8, 4) is 0 Å². The summed E-state index contributed by atoms with van der Waals surface area (Å²) < 4.78 is 16.9. The number of carbonyl (C=O) groups excluding carboxylic acids is 1. The molecule has 0 aromatic rings. The Kier molecular flexibility index (Phi) is 5.13. The van der Waals surface area contributed by atoms with E-state index in [1.807, 2.05) is 0 Å². The van der Waals surface area contributed by atoms with Crippen molar-refractivity contribution in [2.75, 3.05) is 7.11 Å². The lowest BCUT2D eigenvalue weighted by atomic mass is 9.83. The van der Waals surface area contributed by atoms with Crippen LogP contribution in [0.1, 0.15) is 65.7 Å². The number of carbonyl (C=O) groups is 1. The zero-order chi connectivity index (χ0) is 18.2. The third kappa shape index (κ3) is 4.17. The fraction of sp³-hybridized carbons (Fsp3) is 0.762. The van der Waals surface area contributed by atoms with E-state index in [9.17, 15) is 4.79 Å². The highest BCUT2D eigenvalue weighted by Crippen LogP contribution is 2.48. The maximum absolute atomic E-state index is 12.0. The molecule has 2 heterocycles. The smallest absolute Gasteiger partial charge is 0.333 e. The van der Waals surface area contributed by atoms with Gasteiger partial charge < -0.3 is 14.2 Å². The van der Waals surface area contributed by atoms with Crippen LogP contribution in [0, 0.1) is 5.92 Å². The summed E-state index contributed by atoms with van der Waals surface area (Å²) in [4.78, 5) is 12.0. The molecule has 0 spiro atoms. The Labute approximate surface area is 151 Å². The van der Waals surface area contributed by atoms with Crippen LogP contribution in [-0.2, 0) is 19.0 Å². The fourth-order valence-electron chi connectivity index (χ4n) is 4.20. The van der Waals surface area contributed by atoms with E-state index in [-0.39, 0.29) is 29.2 Å². The van der Waals surface area contributed by atoms with Crippen LogP contribution in [0.5, 0.6) is 0 Å². The van der Waals surface area contributed by atoms with Gasteiger partial charge in [-0.05, 0) is 71.6 Å². The van der Waals surface area contributed by atoms with Crippen LogP contribution in [0.2, 0.25) is 0 Å². The van der Waals surface area contributed by atoms with Crippen molar-refractivity contribution in [2.45, 2.75) is 89.1 Å². The first-order chi connectivity index (χ1) is 11.8. The van der Waals surface area contributed by atoms with Gasteiger partial charge in [-0.1, -0.05) is 18.2 Å². The average Bonchev–Trinajstić information content (AvgIpc) is 3.43. The summed E-state index contributed by atoms with van der Waals surface area (Å²) in [5.41, 5.74) is 1.92. The lowest BCUT2D eigenvalue weighted by Gasteiger charge is -2.19. The second-order valence-electron chi connectivity index (χ2n) is 8.45. The number of ether oxygens (including phenoxy) is 3. The molecule has 140 valence electrons. The van der Waals surface area contributed by atoms with Gasteiger partial charge in [-0.15, -0.1) is 0 Å². The molecule has 0 N–H and O–H groups in total. The molecule has 2 saturated heterocycles. The first-order valence-electron chi connectivity index (χ1n) is 9.56. The topological polar surface area (TPSA) is 51.4 Å². The molecule has 0 saturated carbocycles. The number of allylic oxidation sites excluding steroid dienone is 2. The predicted octanol–water partition coefficient (Wildman–Crippen LogP) is 4.34. The third-order valence-corrected chi connectivity index (χ3v) is 6.43. The van der Waals surface area contributed by atoms with Crippen molar-refractivity contribution >= 4 is 5.97 Å². The molecule has 0 amide bonds. The SMILES string of the molecule is C=C(C(=O)OC)[C@@H]1CC[C@@]2(C)O[C@@H]2CC/C(C)=C/CC[C@]2(C)O[C@H]2C1. The quantitative estimate of drug-likeness (QED) is 0.322. The minimum Gasteiger partial charge on any atom is -0.466 e. The molecular weight excluding hydrogens is 316 g/mol. The second-order valence-corrected chi connectivity index (χ2v) is 8.45. The van der Waals surface area contributed by atoms with E-state index in [0.717, 1.165) is 44.9 Å². The summed E-state index contributed by atoms with van der Waals surface area (Å²) >= 11 is 0. The largest absolute Gasteiger partial charge is 0.466 e. The van der Waals surface area contributed by atoms with Crippen molar-refractivity contribution in [3.05, 3.63) is 23.8 Å². The van der Waals surface area contributed by atoms with Crippen LogP contribution in [0.3, 0.4) is 0 Å². The van der Waals surface area contributed by atoms with Gasteiger partial charge in [-0.2, -0.15) is 0 Å². The number of esters is 1. The van der Waals surface area contributed by atoms with Crippen LogP contribution in [0.4, 0.5) is 0 Å². The molecule has 5 atom stereocenters. The molecule has 2 fully saturated rings. The predicted molar refractivity (Wildman–Crippen MR) is 97.3 cm³/mol. The Morgan fingerprint density at radius 2 is 1.88 bits per heavy atom. The molecule has 4 nitrogen and oxygen atoms in total. The highest BCUT2D eigenvalue weighted by atomic mass is 16.6. The van der Waals surface area contributed by atoms with Crippen molar-refractivity contribution < 1.29 is 19.0 Å². The van der Waals surface area contributed by atoms with E-state index < -0.39 is 0 Å². The van der Waals surface area contributed by atoms with Gasteiger partial charge >= 0.3 is 5.97 Å². The van der Waals surface area contributed by atoms with Gasteiger partial charge in [0.1, 0.15) is 0 Å². The van der Waals surface area contributed by atoms with Gasteiger partial charge in [-0.3, -0.25) is 0 Å². The number of fused-ring (bicyclic) bond motifs is 2. The molecule has 0 radical (unpaired) electrons. The molecule has 0 aromatic heterocycles. The molecule has 4 heteroatoms. The summed E-state index contributed by atoms with van der Waals surface area (Å²) in [7, 11) is 1.42. The summed E-state index contributed by atoms with van der Waals surface area (Å²) in [5.74, 6) is -0.202. The van der Waals surface area contributed by atoms with Gasteiger partial charge in [0.05, 0.1) is 30.5 Å². The van der Waals surface area contributed by atoms with Crippen molar-refractivity contribution in [2.24, 2.45) is 5.92 Å². The molecule has 3 aliphatic rings. The van der Waals surface area contributed by atoms with Crippen LogP contribution in [-0.4, -0.2) is 36.5 Å². The van der Waals surface area contributed by atoms with Gasteiger partial charge in [0.25, 0.3) is 0 Å². The molecule has 2 aliphatic heterocycles. The summed E-state index contributed by atoms with van der Waals surface area (Å²) in [6.07, 6.45) is 9.84. The van der Waals surface area contributed by atoms with Crippen molar-refractivity contribution in [3.63, 3.8) is 0 Å². The Hall–Kier alpha value is -1.13. The van der Waals surface area contributed by atoms with Gasteiger partial charge in [-0.25, -0.2) is 4.79 Å². The van der Waals surface area contributed by atoms with Crippen molar-refractivity contribution in [1.29, 1.82) is 0 Å². The van der Waals surface area contributed by atoms with Crippen LogP contribution >= 0.6 is 0 Å². The zero-order valence-electron chi connectivity index (χ0n) is 16.1. The highest BCUT2D eigenvalue weighted by Gasteiger charge is 2.54. The fourth-order valence-corrected chi connectivity index (χ4v) is 4.20. The minimum atomic E-state index is -0.301. The zero-order valence-corrected chi connectivity index (χ0v) is 16.1. The summed E-state index contributed by atoms with van der Waals surface area (Å²) in [5, 5.41) is 0. The molecule has 25 heavy (non-hydrogen) atoms. The number of hydrogen-bond donors (Lipinski definition) is 0. The van der Waals surface area contributed by atoms with Crippen molar-refractivity contribution in [1.82, 2.24) is 0 Å². The van der Waals surface area contributed by atoms with E-state index in [0.29, 0.717) is 11.7 Å². The van der Waals surface area contributed by atoms with Crippen LogP contribution < -0.4 is 0 Å². The third-order valence-electron chi connectivity index (χ3n) is 6.43. The van der Waals surface area contributed by atoms with E-state index in [1.54, 1.807) is 0 Å². The Morgan fingerprint density at radius 1 is 1.20 bits per heavy atom. The van der Waals surface area contributed by atoms with Gasteiger partial charge in [0.2, 0.25) is 0 Å². The Bertz CT molecular complexity index is 580. The standard InChI is InChI=1S/C21H32O4/c1-14-7-6-11-20(3)18(25-20)13-16(15(2)19(22)23-5)10-12-21(4)17(24-21)9-8-14/h7,16-18H,2,6,8-13H2,1,3-5H3/b14-7+/t16-,17-,18+,20+,21-/m1/s1.